The summed E-state index contributed by atoms with van der Waals surface area (Å²) >= 11 is 6.04. The first-order chi connectivity index (χ1) is 22.8. The fourth-order valence-corrected chi connectivity index (χ4v) is 6.14. The zero-order valence-electron chi connectivity index (χ0n) is 26.1. The summed E-state index contributed by atoms with van der Waals surface area (Å²) in [6.07, 6.45) is 6.95. The lowest BCUT2D eigenvalue weighted by molar-refractivity contribution is -0.123. The lowest BCUT2D eigenvalue weighted by Gasteiger charge is -2.29. The number of benzene rings is 2. The maximum atomic E-state index is 15.3. The molecule has 248 valence electrons. The van der Waals surface area contributed by atoms with Crippen molar-refractivity contribution in [3.63, 3.8) is 0 Å². The van der Waals surface area contributed by atoms with Crippen LogP contribution in [0.4, 0.5) is 8.78 Å². The Morgan fingerprint density at radius 2 is 2.00 bits per heavy atom. The summed E-state index contributed by atoms with van der Waals surface area (Å²) in [4.78, 5) is 35.4. The monoisotopic (exact) mass is 677 g/mol. The van der Waals surface area contributed by atoms with Gasteiger partial charge in [-0.25, -0.2) is 18.7 Å². The van der Waals surface area contributed by atoms with Crippen LogP contribution in [0.25, 0.3) is 22.2 Å². The number of primary amides is 1. The number of amides is 2. The van der Waals surface area contributed by atoms with Crippen LogP contribution in [0.15, 0.2) is 48.9 Å². The third-order valence-corrected chi connectivity index (χ3v) is 9.29. The maximum Gasteiger partial charge on any atom is 0.251 e. The number of methoxy groups -OCH3 is 1. The molecule has 0 unspecified atom stereocenters. The molecule has 1 aliphatic carbocycles. The van der Waals surface area contributed by atoms with E-state index in [2.05, 4.69) is 20.4 Å². The normalized spacial score (nSPS) is 18.3. The molecule has 3 aromatic heterocycles. The number of rotatable bonds is 9. The van der Waals surface area contributed by atoms with E-state index in [1.165, 1.54) is 23.9 Å². The van der Waals surface area contributed by atoms with Crippen molar-refractivity contribution in [3.8, 4) is 22.8 Å². The first kappa shape index (κ1) is 31.5. The van der Waals surface area contributed by atoms with Gasteiger partial charge in [-0.05, 0) is 44.0 Å². The Morgan fingerprint density at radius 1 is 1.23 bits per heavy atom. The lowest BCUT2D eigenvalue weighted by Crippen LogP contribution is -2.44. The molecule has 7 rings (SSSR count). The van der Waals surface area contributed by atoms with Gasteiger partial charge in [-0.1, -0.05) is 11.6 Å². The molecule has 1 saturated carbocycles. The Morgan fingerprint density at radius 3 is 2.67 bits per heavy atom. The van der Waals surface area contributed by atoms with E-state index in [4.69, 9.17) is 26.8 Å². The largest absolute Gasteiger partial charge is 0.494 e. The van der Waals surface area contributed by atoms with Crippen LogP contribution in [-0.2, 0) is 22.9 Å². The smallest absolute Gasteiger partial charge is 0.251 e. The molecule has 2 aromatic carbocycles. The fraction of sp³-hybridized carbons (Fsp3) is 0.303. The zero-order valence-corrected chi connectivity index (χ0v) is 26.8. The highest BCUT2D eigenvalue weighted by Gasteiger charge is 2.47. The second kappa shape index (κ2) is 11.3. The standard InChI is InChI=1S/C33H30ClF2N7O5/c1-32(30(37)45)15-48-28-20(32)11-25(40-27(28)19-10-21(34)23(36)12-22(19)35)33(46,31-38-6-7-42(31)2)14-39-29(44)16-8-17-13-43(18-4-5-18)41-26(17)24(9-16)47-3/h6-13,18,46H,4-5,14-15H2,1-3H3,(H2,37,45)(H,39,44)/t32-,33-/m0/s1. The molecule has 2 atom stereocenters. The molecule has 5 aromatic rings. The molecule has 0 spiro atoms. The Bertz CT molecular complexity index is 2150. The number of aromatic nitrogens is 5. The average Bonchev–Trinajstić information content (AvgIpc) is 3.51. The fourth-order valence-electron chi connectivity index (χ4n) is 5.98. The summed E-state index contributed by atoms with van der Waals surface area (Å²) in [5.41, 5.74) is 2.77. The van der Waals surface area contributed by atoms with Gasteiger partial charge in [0.2, 0.25) is 5.91 Å². The number of nitrogens with one attached hydrogen (secondary N) is 1. The van der Waals surface area contributed by atoms with Crippen LogP contribution in [0.5, 0.6) is 11.5 Å². The molecule has 48 heavy (non-hydrogen) atoms. The van der Waals surface area contributed by atoms with E-state index in [0.717, 1.165) is 18.9 Å². The average molecular weight is 678 g/mol. The van der Waals surface area contributed by atoms with Crippen molar-refractivity contribution in [1.82, 2.24) is 29.6 Å². The molecular weight excluding hydrogens is 648 g/mol. The molecule has 2 aliphatic rings. The molecule has 4 N–H and O–H groups in total. The molecule has 15 heteroatoms. The summed E-state index contributed by atoms with van der Waals surface area (Å²) in [7, 11) is 3.12. The van der Waals surface area contributed by atoms with Crippen molar-refractivity contribution in [3.05, 3.63) is 88.2 Å². The summed E-state index contributed by atoms with van der Waals surface area (Å²) in [6, 6.07) is 6.62. The van der Waals surface area contributed by atoms with Gasteiger partial charge in [0.15, 0.2) is 5.60 Å². The molecule has 12 nitrogen and oxygen atoms in total. The van der Waals surface area contributed by atoms with Gasteiger partial charge in [0.05, 0.1) is 30.4 Å². The first-order valence-electron chi connectivity index (χ1n) is 15.0. The number of ether oxygens (including phenoxy) is 2. The van der Waals surface area contributed by atoms with Crippen molar-refractivity contribution in [2.45, 2.75) is 36.8 Å². The van der Waals surface area contributed by atoms with E-state index >= 15 is 4.39 Å². The third-order valence-electron chi connectivity index (χ3n) is 9.00. The van der Waals surface area contributed by atoms with Crippen molar-refractivity contribution < 1.29 is 33.0 Å². The van der Waals surface area contributed by atoms with Gasteiger partial charge in [0.1, 0.15) is 52.2 Å². The summed E-state index contributed by atoms with van der Waals surface area (Å²) in [6.45, 7) is 0.870. The predicted molar refractivity (Wildman–Crippen MR) is 170 cm³/mol. The van der Waals surface area contributed by atoms with E-state index in [0.29, 0.717) is 28.8 Å². The SMILES string of the molecule is COc1cc(C(=O)NC[C@](O)(c2cc3c(c(-c4cc(Cl)c(F)cc4F)n2)OC[C@]3(C)C(N)=O)c2nccn2C)cc2cn(C3CC3)nc12. The second-order valence-electron chi connectivity index (χ2n) is 12.3. The van der Waals surface area contributed by atoms with Crippen molar-refractivity contribution >= 4 is 34.3 Å². The number of fused-ring (bicyclic) bond motifs is 2. The van der Waals surface area contributed by atoms with Gasteiger partial charge in [-0.15, -0.1) is 0 Å². The highest BCUT2D eigenvalue weighted by molar-refractivity contribution is 6.31. The Kier molecular flexibility index (Phi) is 7.40. The van der Waals surface area contributed by atoms with E-state index in [1.807, 2.05) is 10.9 Å². The maximum absolute atomic E-state index is 15.3. The van der Waals surface area contributed by atoms with Gasteiger partial charge in [-0.3, -0.25) is 14.3 Å². The molecule has 1 fully saturated rings. The van der Waals surface area contributed by atoms with Crippen LogP contribution in [0.3, 0.4) is 0 Å². The van der Waals surface area contributed by atoms with Crippen molar-refractivity contribution in [2.24, 2.45) is 12.8 Å². The quantitative estimate of drug-likeness (QED) is 0.198. The predicted octanol–water partition coefficient (Wildman–Crippen LogP) is 3.91. The number of nitrogens with zero attached hydrogens (tertiary/aromatic N) is 5. The minimum Gasteiger partial charge on any atom is -0.494 e. The van der Waals surface area contributed by atoms with Crippen LogP contribution < -0.4 is 20.5 Å². The molecule has 2 amide bonds. The van der Waals surface area contributed by atoms with Gasteiger partial charge < -0.3 is 30.2 Å². The number of hydrogen-bond acceptors (Lipinski definition) is 8. The van der Waals surface area contributed by atoms with E-state index in [1.54, 1.807) is 32.3 Å². The van der Waals surface area contributed by atoms with Crippen LogP contribution in [0, 0.1) is 11.6 Å². The highest BCUT2D eigenvalue weighted by Crippen LogP contribution is 2.47. The number of aliphatic hydroxyl groups is 1. The number of imidazole rings is 1. The number of halogens is 3. The van der Waals surface area contributed by atoms with E-state index < -0.39 is 41.0 Å². The Balaban J connectivity index is 1.34. The van der Waals surface area contributed by atoms with Crippen LogP contribution in [0.2, 0.25) is 5.02 Å². The minimum atomic E-state index is -2.16. The number of aryl methyl sites for hydroxylation is 1. The number of carbonyl (C=O) groups is 2. The molecule has 0 saturated heterocycles. The summed E-state index contributed by atoms with van der Waals surface area (Å²) in [5.74, 6) is -2.81. The van der Waals surface area contributed by atoms with Gasteiger partial charge in [0.25, 0.3) is 5.91 Å². The van der Waals surface area contributed by atoms with Crippen LogP contribution in [-0.4, -0.2) is 61.5 Å². The molecule has 0 bridgehead atoms. The highest BCUT2D eigenvalue weighted by atomic mass is 35.5. The Hall–Kier alpha value is -5.08. The van der Waals surface area contributed by atoms with Gasteiger partial charge in [-0.2, -0.15) is 5.10 Å². The van der Waals surface area contributed by atoms with Crippen molar-refractivity contribution in [2.75, 3.05) is 20.3 Å². The molecule has 0 radical (unpaired) electrons. The summed E-state index contributed by atoms with van der Waals surface area (Å²) in [5, 5.41) is 20.2. The third kappa shape index (κ3) is 5.02. The van der Waals surface area contributed by atoms with Gasteiger partial charge >= 0.3 is 0 Å². The first-order valence-corrected chi connectivity index (χ1v) is 15.4. The van der Waals surface area contributed by atoms with Gasteiger partial charge in [0, 0.05) is 53.8 Å². The van der Waals surface area contributed by atoms with Crippen LogP contribution in [0.1, 0.15) is 53.2 Å². The summed E-state index contributed by atoms with van der Waals surface area (Å²) < 4.78 is 44.3. The number of nitrogens with two attached hydrogens (primary N) is 1. The van der Waals surface area contributed by atoms with Crippen LogP contribution >= 0.6 is 11.6 Å². The number of hydrogen-bond donors (Lipinski definition) is 3. The lowest BCUT2D eigenvalue weighted by atomic mass is 9.81. The molecule has 4 heterocycles. The number of carbonyl (C=O) groups excluding carboxylic acids is 2. The van der Waals surface area contributed by atoms with Crippen molar-refractivity contribution in [1.29, 1.82) is 0 Å². The van der Waals surface area contributed by atoms with E-state index in [-0.39, 0.29) is 51.3 Å². The second-order valence-corrected chi connectivity index (χ2v) is 12.7. The molecular formula is C33H30ClF2N7O5. The van der Waals surface area contributed by atoms with E-state index in [9.17, 15) is 19.1 Å². The minimum absolute atomic E-state index is 0.0139. The number of pyridine rings is 1. The molecule has 1 aliphatic heterocycles. The zero-order chi connectivity index (χ0) is 34.1. The topological polar surface area (TPSA) is 159 Å². The Labute approximate surface area is 277 Å².